The van der Waals surface area contributed by atoms with E-state index in [1.807, 2.05) is 23.1 Å². The number of rotatable bonds is 8. The van der Waals surface area contributed by atoms with E-state index < -0.39 is 11.6 Å². The summed E-state index contributed by atoms with van der Waals surface area (Å²) in [7, 11) is 0. The van der Waals surface area contributed by atoms with E-state index in [1.165, 1.54) is 30.2 Å². The number of amides is 2. The van der Waals surface area contributed by atoms with Crippen LogP contribution in [0.4, 0.5) is 5.82 Å². The molecule has 8 heteroatoms. The van der Waals surface area contributed by atoms with Crippen LogP contribution in [0.25, 0.3) is 0 Å². The molecule has 1 saturated heterocycles. The minimum atomic E-state index is -1.04. The number of carbonyl (C=O) groups excluding carboxylic acids is 2. The van der Waals surface area contributed by atoms with Crippen molar-refractivity contribution >= 4 is 17.6 Å². The van der Waals surface area contributed by atoms with Gasteiger partial charge in [-0.05, 0) is 71.3 Å². The quantitative estimate of drug-likeness (QED) is 0.486. The van der Waals surface area contributed by atoms with Gasteiger partial charge in [-0.25, -0.2) is 4.98 Å². The summed E-state index contributed by atoms with van der Waals surface area (Å²) in [6, 6.07) is 10.3. The van der Waals surface area contributed by atoms with Gasteiger partial charge < -0.3 is 25.8 Å². The van der Waals surface area contributed by atoms with Gasteiger partial charge in [-0.2, -0.15) is 0 Å². The molecule has 2 unspecified atom stereocenters. The van der Waals surface area contributed by atoms with Crippen molar-refractivity contribution in [2.24, 2.45) is 5.73 Å². The first-order valence-electron chi connectivity index (χ1n) is 14.4. The van der Waals surface area contributed by atoms with E-state index in [0.717, 1.165) is 24.8 Å². The summed E-state index contributed by atoms with van der Waals surface area (Å²) in [5.74, 6) is 3.18. The number of nitrogens with zero attached hydrogens (tertiary/aromatic N) is 3. The predicted molar refractivity (Wildman–Crippen MR) is 150 cm³/mol. The van der Waals surface area contributed by atoms with Crippen LogP contribution in [0.15, 0.2) is 30.3 Å². The number of aromatic nitrogens is 2. The van der Waals surface area contributed by atoms with Crippen molar-refractivity contribution in [3.8, 4) is 0 Å². The third kappa shape index (κ3) is 5.75. The largest absolute Gasteiger partial charge is 0.367 e. The van der Waals surface area contributed by atoms with Gasteiger partial charge in [0.25, 0.3) is 0 Å². The van der Waals surface area contributed by atoms with Crippen LogP contribution in [-0.2, 0) is 16.0 Å². The van der Waals surface area contributed by atoms with Gasteiger partial charge in [-0.15, -0.1) is 0 Å². The zero-order valence-corrected chi connectivity index (χ0v) is 23.4. The zero-order valence-electron chi connectivity index (χ0n) is 23.4. The van der Waals surface area contributed by atoms with Crippen LogP contribution < -0.4 is 16.4 Å². The van der Waals surface area contributed by atoms with Crippen molar-refractivity contribution in [2.75, 3.05) is 18.4 Å². The van der Waals surface area contributed by atoms with Gasteiger partial charge in [-0.3, -0.25) is 9.59 Å². The maximum absolute atomic E-state index is 13.7. The van der Waals surface area contributed by atoms with Crippen molar-refractivity contribution < 1.29 is 9.59 Å². The summed E-state index contributed by atoms with van der Waals surface area (Å²) >= 11 is 0. The molecule has 2 fully saturated rings. The van der Waals surface area contributed by atoms with E-state index in [9.17, 15) is 9.59 Å². The Morgan fingerprint density at radius 2 is 1.82 bits per heavy atom. The highest BCUT2D eigenvalue weighted by Crippen LogP contribution is 2.46. The number of hydrogen-bond donors (Lipinski definition) is 3. The molecular formula is C30H44N6O2. The van der Waals surface area contributed by atoms with Crippen molar-refractivity contribution in [1.82, 2.24) is 19.8 Å². The summed E-state index contributed by atoms with van der Waals surface area (Å²) in [4.78, 5) is 33.6. The van der Waals surface area contributed by atoms with Crippen molar-refractivity contribution in [2.45, 2.75) is 108 Å². The van der Waals surface area contributed by atoms with Crippen LogP contribution in [-0.4, -0.2) is 57.0 Å². The maximum Gasteiger partial charge on any atom is 0.245 e. The third-order valence-electron chi connectivity index (χ3n) is 8.36. The average molecular weight is 521 g/mol. The number of fused-ring (bicyclic) bond motifs is 1. The molecule has 1 aromatic carbocycles. The Labute approximate surface area is 226 Å². The Bertz CT molecular complexity index is 1140. The van der Waals surface area contributed by atoms with Crippen LogP contribution in [0, 0.1) is 0 Å². The van der Waals surface area contributed by atoms with Gasteiger partial charge in [0.2, 0.25) is 11.8 Å². The molecule has 38 heavy (non-hydrogen) atoms. The van der Waals surface area contributed by atoms with Crippen LogP contribution in [0.1, 0.15) is 101 Å². The molecule has 0 radical (unpaired) electrons. The van der Waals surface area contributed by atoms with Crippen molar-refractivity contribution in [3.63, 3.8) is 0 Å². The normalized spacial score (nSPS) is 22.9. The average Bonchev–Trinajstić information content (AvgIpc) is 3.66. The molecule has 0 bridgehead atoms. The summed E-state index contributed by atoms with van der Waals surface area (Å²) in [5.41, 5.74) is 7.38. The molecule has 3 aliphatic rings. The predicted octanol–water partition coefficient (Wildman–Crippen LogP) is 4.09. The third-order valence-corrected chi connectivity index (χ3v) is 8.36. The van der Waals surface area contributed by atoms with Crippen LogP contribution >= 0.6 is 0 Å². The minimum Gasteiger partial charge on any atom is -0.367 e. The van der Waals surface area contributed by atoms with E-state index >= 15 is 0 Å². The fourth-order valence-corrected chi connectivity index (χ4v) is 6.01. The number of benzene rings is 1. The molecule has 8 nitrogen and oxygen atoms in total. The van der Waals surface area contributed by atoms with Gasteiger partial charge in [0.1, 0.15) is 17.7 Å². The molecule has 3 atom stereocenters. The fourth-order valence-electron chi connectivity index (χ4n) is 6.01. The smallest absolute Gasteiger partial charge is 0.245 e. The van der Waals surface area contributed by atoms with Crippen molar-refractivity contribution in [1.29, 1.82) is 0 Å². The summed E-state index contributed by atoms with van der Waals surface area (Å²) < 4.78 is 2.49. The SMILES string of the molecule is CC1CC(C)c2nc(C3CC3)n(C3CCN(C(=O)[C@@H](CCc4ccccc4)NC(=O)C(C)(C)N)CC3)c2N1. The summed E-state index contributed by atoms with van der Waals surface area (Å²) in [5, 5.41) is 6.71. The second kappa shape index (κ2) is 10.7. The van der Waals surface area contributed by atoms with Crippen LogP contribution in [0.5, 0.6) is 0 Å². The molecule has 2 amide bonds. The first kappa shape index (κ1) is 26.7. The number of aryl methyl sites for hydroxylation is 1. The Morgan fingerprint density at radius 1 is 1.13 bits per heavy atom. The lowest BCUT2D eigenvalue weighted by molar-refractivity contribution is -0.138. The molecule has 2 aliphatic heterocycles. The van der Waals surface area contributed by atoms with E-state index in [-0.39, 0.29) is 11.8 Å². The number of piperidine rings is 1. The molecular weight excluding hydrogens is 476 g/mol. The molecule has 0 spiro atoms. The number of imidazole rings is 1. The van der Waals surface area contributed by atoms with Gasteiger partial charge in [-0.1, -0.05) is 37.3 Å². The monoisotopic (exact) mass is 520 g/mol. The number of nitrogens with one attached hydrogen (secondary N) is 2. The lowest BCUT2D eigenvalue weighted by atomic mass is 9.95. The van der Waals surface area contributed by atoms with Gasteiger partial charge in [0.15, 0.2) is 0 Å². The number of carbonyl (C=O) groups is 2. The number of likely N-dealkylation sites (tertiary alicyclic amines) is 1. The van der Waals surface area contributed by atoms with Gasteiger partial charge in [0, 0.05) is 37.0 Å². The molecule has 2 aromatic rings. The van der Waals surface area contributed by atoms with Crippen LogP contribution in [0.2, 0.25) is 0 Å². The summed E-state index contributed by atoms with van der Waals surface area (Å²) in [6.45, 7) is 9.24. The Hall–Kier alpha value is -2.87. The molecule has 4 N–H and O–H groups in total. The zero-order chi connectivity index (χ0) is 27.0. The molecule has 1 aromatic heterocycles. The first-order chi connectivity index (χ1) is 18.1. The minimum absolute atomic E-state index is 0.00701. The van der Waals surface area contributed by atoms with E-state index in [0.29, 0.717) is 49.9 Å². The number of hydrogen-bond acceptors (Lipinski definition) is 5. The Kier molecular flexibility index (Phi) is 7.54. The Morgan fingerprint density at radius 3 is 2.45 bits per heavy atom. The van der Waals surface area contributed by atoms with Gasteiger partial charge >= 0.3 is 0 Å². The van der Waals surface area contributed by atoms with E-state index in [4.69, 9.17) is 10.7 Å². The lowest BCUT2D eigenvalue weighted by Gasteiger charge is -2.37. The standard InChI is InChI=1S/C30H44N6O2/c1-19-18-20(2)32-27-25(19)34-26(22-11-12-22)36(27)23-14-16-35(17-15-23)28(37)24(33-29(38)30(3,4)31)13-10-21-8-6-5-7-9-21/h5-9,19-20,22-24,32H,10-18,31H2,1-4H3,(H,33,38)/t19?,20?,24-/m1/s1. The second-order valence-corrected chi connectivity index (χ2v) is 12.4. The molecule has 1 aliphatic carbocycles. The lowest BCUT2D eigenvalue weighted by Crippen LogP contribution is -2.57. The van der Waals surface area contributed by atoms with Gasteiger partial charge in [0.05, 0.1) is 11.2 Å². The molecule has 3 heterocycles. The fraction of sp³-hybridized carbons (Fsp3) is 0.633. The Balaban J connectivity index is 1.29. The first-order valence-corrected chi connectivity index (χ1v) is 14.4. The number of anilines is 1. The highest BCUT2D eigenvalue weighted by atomic mass is 16.2. The highest BCUT2D eigenvalue weighted by Gasteiger charge is 2.39. The molecule has 5 rings (SSSR count). The van der Waals surface area contributed by atoms with E-state index in [2.05, 4.69) is 41.2 Å². The van der Waals surface area contributed by atoms with Crippen LogP contribution in [0.3, 0.4) is 0 Å². The number of nitrogens with two attached hydrogens (primary N) is 1. The summed E-state index contributed by atoms with van der Waals surface area (Å²) in [6.07, 6.45) is 6.59. The maximum atomic E-state index is 13.7. The topological polar surface area (TPSA) is 105 Å². The second-order valence-electron chi connectivity index (χ2n) is 12.4. The molecule has 206 valence electrons. The highest BCUT2D eigenvalue weighted by molar-refractivity contribution is 5.91. The molecule has 1 saturated carbocycles. The van der Waals surface area contributed by atoms with Crippen molar-refractivity contribution in [3.05, 3.63) is 47.4 Å². The van der Waals surface area contributed by atoms with E-state index in [1.54, 1.807) is 13.8 Å².